The van der Waals surface area contributed by atoms with Crippen molar-refractivity contribution in [3.8, 4) is 11.5 Å². The summed E-state index contributed by atoms with van der Waals surface area (Å²) in [6, 6.07) is 7.60. The van der Waals surface area contributed by atoms with Crippen molar-refractivity contribution >= 4 is 5.69 Å². The highest BCUT2D eigenvalue weighted by atomic mass is 16.5. The minimum atomic E-state index is 0.343. The third-order valence-electron chi connectivity index (χ3n) is 2.76. The van der Waals surface area contributed by atoms with Crippen molar-refractivity contribution in [1.29, 1.82) is 0 Å². The van der Waals surface area contributed by atoms with Crippen LogP contribution >= 0.6 is 0 Å². The van der Waals surface area contributed by atoms with Crippen molar-refractivity contribution in [2.75, 3.05) is 12.8 Å². The Labute approximate surface area is 112 Å². The first-order valence-electron chi connectivity index (χ1n) is 6.20. The first kappa shape index (κ1) is 13.3. The fourth-order valence-corrected chi connectivity index (χ4v) is 1.70. The van der Waals surface area contributed by atoms with Crippen molar-refractivity contribution in [2.45, 2.75) is 26.5 Å². The van der Waals surface area contributed by atoms with E-state index in [1.807, 2.05) is 16.9 Å². The lowest BCUT2D eigenvalue weighted by atomic mass is 10.3. The average molecular weight is 261 g/mol. The molecule has 102 valence electrons. The van der Waals surface area contributed by atoms with Crippen LogP contribution in [0.1, 0.15) is 25.6 Å². The van der Waals surface area contributed by atoms with Gasteiger partial charge in [0, 0.05) is 24.0 Å². The van der Waals surface area contributed by atoms with Gasteiger partial charge in [-0.05, 0) is 32.0 Å². The van der Waals surface area contributed by atoms with E-state index in [-0.39, 0.29) is 0 Å². The van der Waals surface area contributed by atoms with E-state index in [2.05, 4.69) is 18.9 Å². The van der Waals surface area contributed by atoms with Gasteiger partial charge >= 0.3 is 0 Å². The zero-order chi connectivity index (χ0) is 13.8. The Bertz CT molecular complexity index is 549. The van der Waals surface area contributed by atoms with Crippen molar-refractivity contribution < 1.29 is 9.47 Å². The minimum absolute atomic E-state index is 0.343. The molecule has 1 aromatic carbocycles. The standard InChI is InChI=1S/C14H19N3O2/c1-10(2)17-7-6-12(16-17)9-19-14-8-11(15)4-5-13(14)18-3/h4-8,10H,9,15H2,1-3H3. The van der Waals surface area contributed by atoms with Gasteiger partial charge < -0.3 is 15.2 Å². The van der Waals surface area contributed by atoms with Crippen LogP contribution in [0.2, 0.25) is 0 Å². The van der Waals surface area contributed by atoms with Gasteiger partial charge in [-0.15, -0.1) is 0 Å². The summed E-state index contributed by atoms with van der Waals surface area (Å²) in [5.41, 5.74) is 7.26. The summed E-state index contributed by atoms with van der Waals surface area (Å²) < 4.78 is 12.8. The molecule has 19 heavy (non-hydrogen) atoms. The maximum Gasteiger partial charge on any atom is 0.163 e. The van der Waals surface area contributed by atoms with Gasteiger partial charge in [-0.3, -0.25) is 4.68 Å². The fourth-order valence-electron chi connectivity index (χ4n) is 1.70. The molecule has 2 rings (SSSR count). The summed E-state index contributed by atoms with van der Waals surface area (Å²) in [5, 5.41) is 4.42. The smallest absolute Gasteiger partial charge is 0.163 e. The molecule has 0 saturated heterocycles. The largest absolute Gasteiger partial charge is 0.493 e. The van der Waals surface area contributed by atoms with Crippen molar-refractivity contribution in [3.05, 3.63) is 36.2 Å². The van der Waals surface area contributed by atoms with Gasteiger partial charge in [0.2, 0.25) is 0 Å². The number of hydrogen-bond acceptors (Lipinski definition) is 4. The lowest BCUT2D eigenvalue weighted by molar-refractivity contribution is 0.279. The number of ether oxygens (including phenoxy) is 2. The lowest BCUT2D eigenvalue weighted by Crippen LogP contribution is -2.04. The second-order valence-corrected chi connectivity index (χ2v) is 4.58. The third-order valence-corrected chi connectivity index (χ3v) is 2.76. The molecule has 0 bridgehead atoms. The van der Waals surface area contributed by atoms with Gasteiger partial charge in [0.25, 0.3) is 0 Å². The molecule has 5 heteroatoms. The summed E-state index contributed by atoms with van der Waals surface area (Å²) in [6.45, 7) is 4.55. The van der Waals surface area contributed by atoms with E-state index in [9.17, 15) is 0 Å². The quantitative estimate of drug-likeness (QED) is 0.840. The van der Waals surface area contributed by atoms with Crippen LogP contribution in [0, 0.1) is 0 Å². The van der Waals surface area contributed by atoms with Gasteiger partial charge in [0.05, 0.1) is 12.8 Å². The van der Waals surface area contributed by atoms with Crippen LogP contribution in [0.4, 0.5) is 5.69 Å². The number of rotatable bonds is 5. The first-order chi connectivity index (χ1) is 9.10. The monoisotopic (exact) mass is 261 g/mol. The zero-order valence-corrected chi connectivity index (χ0v) is 11.5. The lowest BCUT2D eigenvalue weighted by Gasteiger charge is -2.10. The van der Waals surface area contributed by atoms with Crippen LogP contribution in [-0.2, 0) is 6.61 Å². The van der Waals surface area contributed by atoms with Crippen LogP contribution in [-0.4, -0.2) is 16.9 Å². The van der Waals surface area contributed by atoms with E-state index in [1.54, 1.807) is 25.3 Å². The number of aromatic nitrogens is 2. The highest BCUT2D eigenvalue weighted by Crippen LogP contribution is 2.29. The maximum atomic E-state index is 5.74. The molecule has 5 nitrogen and oxygen atoms in total. The van der Waals surface area contributed by atoms with Crippen molar-refractivity contribution in [1.82, 2.24) is 9.78 Å². The molecule has 0 atom stereocenters. The van der Waals surface area contributed by atoms with Gasteiger partial charge in [0.15, 0.2) is 11.5 Å². The predicted octanol–water partition coefficient (Wildman–Crippen LogP) is 2.63. The number of benzene rings is 1. The molecule has 0 aliphatic heterocycles. The van der Waals surface area contributed by atoms with Gasteiger partial charge in [-0.2, -0.15) is 5.10 Å². The molecule has 2 aromatic rings. The van der Waals surface area contributed by atoms with E-state index in [0.717, 1.165) is 5.69 Å². The molecular weight excluding hydrogens is 242 g/mol. The number of nitrogens with zero attached hydrogens (tertiary/aromatic N) is 2. The third kappa shape index (κ3) is 3.19. The van der Waals surface area contributed by atoms with E-state index in [4.69, 9.17) is 15.2 Å². The zero-order valence-electron chi connectivity index (χ0n) is 11.5. The molecule has 0 saturated carbocycles. The predicted molar refractivity (Wildman–Crippen MR) is 74.4 cm³/mol. The SMILES string of the molecule is COc1ccc(N)cc1OCc1ccn(C(C)C)n1. The Kier molecular flexibility index (Phi) is 3.94. The van der Waals surface area contributed by atoms with Gasteiger partial charge in [-0.25, -0.2) is 0 Å². The Morgan fingerprint density at radius 2 is 2.05 bits per heavy atom. The summed E-state index contributed by atoms with van der Waals surface area (Å²) in [7, 11) is 1.60. The van der Waals surface area contributed by atoms with Crippen LogP contribution < -0.4 is 15.2 Å². The summed E-state index contributed by atoms with van der Waals surface area (Å²) in [5.74, 6) is 1.29. The summed E-state index contributed by atoms with van der Waals surface area (Å²) in [6.07, 6.45) is 1.94. The Hall–Kier alpha value is -2.17. The molecule has 0 spiro atoms. The first-order valence-corrected chi connectivity index (χ1v) is 6.20. The molecule has 0 aliphatic carbocycles. The van der Waals surface area contributed by atoms with Crippen LogP contribution in [0.15, 0.2) is 30.5 Å². The average Bonchev–Trinajstić information content (AvgIpc) is 2.85. The minimum Gasteiger partial charge on any atom is -0.493 e. The van der Waals surface area contributed by atoms with Crippen LogP contribution in [0.25, 0.3) is 0 Å². The van der Waals surface area contributed by atoms with E-state index in [1.165, 1.54) is 0 Å². The number of nitrogens with two attached hydrogens (primary N) is 1. The van der Waals surface area contributed by atoms with E-state index >= 15 is 0 Å². The molecule has 0 amide bonds. The number of hydrogen-bond donors (Lipinski definition) is 1. The second-order valence-electron chi connectivity index (χ2n) is 4.58. The normalized spacial score (nSPS) is 10.7. The van der Waals surface area contributed by atoms with Crippen molar-refractivity contribution in [3.63, 3.8) is 0 Å². The Balaban J connectivity index is 2.07. The summed E-state index contributed by atoms with van der Waals surface area (Å²) in [4.78, 5) is 0. The number of methoxy groups -OCH3 is 1. The molecule has 0 radical (unpaired) electrons. The molecule has 0 unspecified atom stereocenters. The van der Waals surface area contributed by atoms with Crippen LogP contribution in [0.3, 0.4) is 0 Å². The Morgan fingerprint density at radius 3 is 2.68 bits per heavy atom. The highest BCUT2D eigenvalue weighted by molar-refractivity contribution is 5.51. The maximum absolute atomic E-state index is 5.74. The number of nitrogen functional groups attached to an aromatic ring is 1. The van der Waals surface area contributed by atoms with Crippen LogP contribution in [0.5, 0.6) is 11.5 Å². The molecule has 0 aliphatic rings. The summed E-state index contributed by atoms with van der Waals surface area (Å²) >= 11 is 0. The van der Waals surface area contributed by atoms with Crippen molar-refractivity contribution in [2.24, 2.45) is 0 Å². The molecule has 2 N–H and O–H groups in total. The van der Waals surface area contributed by atoms with E-state index < -0.39 is 0 Å². The Morgan fingerprint density at radius 1 is 1.26 bits per heavy atom. The van der Waals surface area contributed by atoms with E-state index in [0.29, 0.717) is 29.8 Å². The van der Waals surface area contributed by atoms with Gasteiger partial charge in [-0.1, -0.05) is 0 Å². The van der Waals surface area contributed by atoms with Gasteiger partial charge in [0.1, 0.15) is 6.61 Å². The molecule has 1 aromatic heterocycles. The molecule has 0 fully saturated rings. The highest BCUT2D eigenvalue weighted by Gasteiger charge is 2.07. The second kappa shape index (κ2) is 5.65. The fraction of sp³-hybridized carbons (Fsp3) is 0.357. The molecular formula is C14H19N3O2. The number of anilines is 1. The topological polar surface area (TPSA) is 62.3 Å². The molecule has 1 heterocycles.